The van der Waals surface area contributed by atoms with Gasteiger partial charge in [0.2, 0.25) is 5.78 Å². The number of methoxy groups -OCH3 is 2. The summed E-state index contributed by atoms with van der Waals surface area (Å²) >= 11 is 0. The van der Waals surface area contributed by atoms with Gasteiger partial charge in [-0.1, -0.05) is 0 Å². The molecule has 6 nitrogen and oxygen atoms in total. The largest absolute Gasteiger partial charge is 0.485 e. The van der Waals surface area contributed by atoms with Crippen molar-refractivity contribution in [2.75, 3.05) is 27.4 Å². The fourth-order valence-corrected chi connectivity index (χ4v) is 3.09. The number of ketones is 1. The van der Waals surface area contributed by atoms with Gasteiger partial charge in [-0.2, -0.15) is 0 Å². The van der Waals surface area contributed by atoms with Gasteiger partial charge in [0, 0.05) is 24.1 Å². The summed E-state index contributed by atoms with van der Waals surface area (Å²) in [5.41, 5.74) is 3.00. The molecular formula is C20H25NO5. The monoisotopic (exact) mass is 359 g/mol. The maximum atomic E-state index is 12.6. The average molecular weight is 359 g/mol. The van der Waals surface area contributed by atoms with Gasteiger partial charge in [-0.3, -0.25) is 4.79 Å². The van der Waals surface area contributed by atoms with Crippen LogP contribution in [0.15, 0.2) is 30.3 Å². The van der Waals surface area contributed by atoms with E-state index in [0.29, 0.717) is 23.5 Å². The third-order valence-electron chi connectivity index (χ3n) is 4.28. The number of hydrogen-bond donors (Lipinski definition) is 0. The van der Waals surface area contributed by atoms with E-state index >= 15 is 0 Å². The van der Waals surface area contributed by atoms with Crippen LogP contribution in [0.3, 0.4) is 0 Å². The summed E-state index contributed by atoms with van der Waals surface area (Å²) in [6.45, 7) is 6.46. The third kappa shape index (κ3) is 4.32. The second kappa shape index (κ2) is 8.67. The number of esters is 1. The second-order valence-electron chi connectivity index (χ2n) is 6.19. The molecule has 1 heterocycles. The van der Waals surface area contributed by atoms with E-state index in [0.717, 1.165) is 11.4 Å². The van der Waals surface area contributed by atoms with Gasteiger partial charge < -0.3 is 18.8 Å². The van der Waals surface area contributed by atoms with Crippen molar-refractivity contribution in [2.24, 2.45) is 0 Å². The van der Waals surface area contributed by atoms with E-state index in [1.54, 1.807) is 31.4 Å². The first-order chi connectivity index (χ1) is 12.4. The summed E-state index contributed by atoms with van der Waals surface area (Å²) in [5, 5.41) is 0. The Bertz CT molecular complexity index is 776. The van der Waals surface area contributed by atoms with E-state index in [-0.39, 0.29) is 18.4 Å². The van der Waals surface area contributed by atoms with E-state index in [9.17, 15) is 9.59 Å². The molecular weight excluding hydrogens is 334 g/mol. The van der Waals surface area contributed by atoms with Crippen molar-refractivity contribution in [2.45, 2.75) is 26.8 Å². The van der Waals surface area contributed by atoms with Gasteiger partial charge in [-0.15, -0.1) is 0 Å². The number of aryl methyl sites for hydroxylation is 1. The van der Waals surface area contributed by atoms with Crippen molar-refractivity contribution in [3.05, 3.63) is 52.8 Å². The van der Waals surface area contributed by atoms with Crippen LogP contribution in [-0.2, 0) is 9.47 Å². The molecule has 0 saturated carbocycles. The molecule has 0 aliphatic heterocycles. The van der Waals surface area contributed by atoms with Crippen LogP contribution in [0, 0.1) is 13.8 Å². The van der Waals surface area contributed by atoms with Crippen molar-refractivity contribution < 1.29 is 23.8 Å². The highest BCUT2D eigenvalue weighted by Crippen LogP contribution is 2.22. The molecule has 0 fully saturated rings. The highest BCUT2D eigenvalue weighted by atomic mass is 16.5. The molecule has 0 saturated heterocycles. The zero-order chi connectivity index (χ0) is 19.3. The summed E-state index contributed by atoms with van der Waals surface area (Å²) in [6.07, 6.45) is 0. The fraction of sp³-hybridized carbons (Fsp3) is 0.400. The number of carbonyl (C=O) groups is 2. The fourth-order valence-electron chi connectivity index (χ4n) is 3.09. The third-order valence-corrected chi connectivity index (χ3v) is 4.28. The van der Waals surface area contributed by atoms with Crippen LogP contribution in [0.2, 0.25) is 0 Å². The number of hydrogen-bond acceptors (Lipinski definition) is 5. The van der Waals surface area contributed by atoms with Gasteiger partial charge in [0.05, 0.1) is 25.3 Å². The van der Waals surface area contributed by atoms with Crippen LogP contribution in [0.5, 0.6) is 5.75 Å². The maximum absolute atomic E-state index is 12.6. The molecule has 2 rings (SSSR count). The molecule has 0 bridgehead atoms. The molecule has 0 unspecified atom stereocenters. The van der Waals surface area contributed by atoms with Crippen molar-refractivity contribution in [3.63, 3.8) is 0 Å². The van der Waals surface area contributed by atoms with Gasteiger partial charge in [0.25, 0.3) is 0 Å². The quantitative estimate of drug-likeness (QED) is 0.534. The molecule has 1 aromatic heterocycles. The molecule has 1 aromatic carbocycles. The van der Waals surface area contributed by atoms with Crippen molar-refractivity contribution >= 4 is 11.8 Å². The highest BCUT2D eigenvalue weighted by molar-refractivity contribution is 5.98. The SMILES string of the molecule is COC[C@@H](C)n1c(C)cc(C(=O)COc2ccc(C(=O)OC)cc2)c1C. The Labute approximate surface area is 153 Å². The molecule has 2 aromatic rings. The highest BCUT2D eigenvalue weighted by Gasteiger charge is 2.19. The topological polar surface area (TPSA) is 66.8 Å². The Morgan fingerprint density at radius 3 is 2.35 bits per heavy atom. The lowest BCUT2D eigenvalue weighted by Crippen LogP contribution is -2.16. The number of Topliss-reactive ketones (excluding diaryl/α,β-unsaturated/α-hetero) is 1. The first-order valence-corrected chi connectivity index (χ1v) is 8.40. The molecule has 0 radical (unpaired) electrons. The normalized spacial score (nSPS) is 11.9. The summed E-state index contributed by atoms with van der Waals surface area (Å²) in [4.78, 5) is 24.0. The Hall–Kier alpha value is -2.60. The predicted molar refractivity (Wildman–Crippen MR) is 98.1 cm³/mol. The minimum Gasteiger partial charge on any atom is -0.485 e. The van der Waals surface area contributed by atoms with Crippen LogP contribution in [0.4, 0.5) is 0 Å². The smallest absolute Gasteiger partial charge is 0.337 e. The standard InChI is InChI=1S/C20H25NO5/c1-13-10-18(15(3)21(13)14(2)11-24-4)19(22)12-26-17-8-6-16(7-9-17)20(23)25-5/h6-10,14H,11-12H2,1-5H3/t14-/m1/s1. The van der Waals surface area contributed by atoms with Crippen LogP contribution < -0.4 is 4.74 Å². The molecule has 0 N–H and O–H groups in total. The first-order valence-electron chi connectivity index (χ1n) is 8.40. The zero-order valence-electron chi connectivity index (χ0n) is 15.9. The number of rotatable bonds is 8. The van der Waals surface area contributed by atoms with Gasteiger partial charge in [-0.25, -0.2) is 4.79 Å². The summed E-state index contributed by atoms with van der Waals surface area (Å²) in [5.74, 6) is 0.0174. The Kier molecular flexibility index (Phi) is 6.58. The molecule has 26 heavy (non-hydrogen) atoms. The molecule has 0 aliphatic carbocycles. The lowest BCUT2D eigenvalue weighted by Gasteiger charge is -2.17. The Morgan fingerprint density at radius 1 is 1.12 bits per heavy atom. The Balaban J connectivity index is 2.06. The molecule has 0 spiro atoms. The van der Waals surface area contributed by atoms with Gasteiger partial charge >= 0.3 is 5.97 Å². The first kappa shape index (κ1) is 19.7. The van der Waals surface area contributed by atoms with Gasteiger partial charge in [-0.05, 0) is 51.1 Å². The van der Waals surface area contributed by atoms with Crippen LogP contribution >= 0.6 is 0 Å². The molecule has 6 heteroatoms. The summed E-state index contributed by atoms with van der Waals surface area (Å²) < 4.78 is 17.5. The molecule has 140 valence electrons. The Morgan fingerprint density at radius 2 is 1.77 bits per heavy atom. The van der Waals surface area contributed by atoms with Crippen LogP contribution in [0.25, 0.3) is 0 Å². The minimum atomic E-state index is -0.412. The summed E-state index contributed by atoms with van der Waals surface area (Å²) in [7, 11) is 2.99. The maximum Gasteiger partial charge on any atom is 0.337 e. The lowest BCUT2D eigenvalue weighted by atomic mass is 10.1. The van der Waals surface area contributed by atoms with E-state index in [1.165, 1.54) is 7.11 Å². The van der Waals surface area contributed by atoms with E-state index in [1.807, 2.05) is 19.9 Å². The number of nitrogens with zero attached hydrogens (tertiary/aromatic N) is 1. The number of aromatic nitrogens is 1. The minimum absolute atomic E-state index is 0.0689. The zero-order valence-corrected chi connectivity index (χ0v) is 15.9. The molecule has 1 atom stereocenters. The lowest BCUT2D eigenvalue weighted by molar-refractivity contribution is 0.0600. The number of benzene rings is 1. The second-order valence-corrected chi connectivity index (χ2v) is 6.19. The van der Waals surface area contributed by atoms with Crippen molar-refractivity contribution in [1.29, 1.82) is 0 Å². The van der Waals surface area contributed by atoms with Crippen molar-refractivity contribution in [3.8, 4) is 5.75 Å². The summed E-state index contributed by atoms with van der Waals surface area (Å²) in [6, 6.07) is 8.52. The van der Waals surface area contributed by atoms with Crippen molar-refractivity contribution in [1.82, 2.24) is 4.57 Å². The molecule has 0 aliphatic rings. The van der Waals surface area contributed by atoms with Gasteiger partial charge in [0.1, 0.15) is 5.75 Å². The van der Waals surface area contributed by atoms with Crippen LogP contribution in [0.1, 0.15) is 45.1 Å². The predicted octanol–water partition coefficient (Wildman–Crippen LogP) is 3.36. The number of carbonyl (C=O) groups excluding carboxylic acids is 2. The van der Waals surface area contributed by atoms with E-state index in [4.69, 9.17) is 9.47 Å². The van der Waals surface area contributed by atoms with Crippen LogP contribution in [-0.4, -0.2) is 43.8 Å². The van der Waals surface area contributed by atoms with Gasteiger partial charge in [0.15, 0.2) is 6.61 Å². The average Bonchev–Trinajstić information content (AvgIpc) is 2.94. The number of ether oxygens (including phenoxy) is 3. The van der Waals surface area contributed by atoms with E-state index in [2.05, 4.69) is 16.2 Å². The van der Waals surface area contributed by atoms with E-state index < -0.39 is 5.97 Å². The molecule has 0 amide bonds.